The molecule has 0 atom stereocenters. The van der Waals surface area contributed by atoms with Gasteiger partial charge in [-0.25, -0.2) is 9.37 Å². The van der Waals surface area contributed by atoms with Crippen molar-refractivity contribution >= 4 is 34.3 Å². The van der Waals surface area contributed by atoms with Gasteiger partial charge in [0, 0.05) is 23.0 Å². The van der Waals surface area contributed by atoms with Gasteiger partial charge in [0.15, 0.2) is 5.13 Å². The van der Waals surface area contributed by atoms with E-state index < -0.39 is 23.5 Å². The third kappa shape index (κ3) is 5.23. The number of anilines is 1. The third-order valence-corrected chi connectivity index (χ3v) is 5.21. The molecule has 3 aromatic rings. The Balaban J connectivity index is 1.58. The largest absolute Gasteiger partial charge is 0.416 e. The topological polar surface area (TPSA) is 54.0 Å². The van der Waals surface area contributed by atoms with Crippen LogP contribution in [0.4, 0.5) is 22.7 Å². The van der Waals surface area contributed by atoms with Crippen LogP contribution in [0.5, 0.6) is 0 Å². The van der Waals surface area contributed by atoms with E-state index in [-0.39, 0.29) is 12.1 Å². The van der Waals surface area contributed by atoms with Crippen molar-refractivity contribution in [3.05, 3.63) is 76.5 Å². The Kier molecular flexibility index (Phi) is 6.20. The lowest BCUT2D eigenvalue weighted by Crippen LogP contribution is -2.23. The second kappa shape index (κ2) is 8.61. The molecule has 1 heterocycles. The molecule has 0 radical (unpaired) electrons. The van der Waals surface area contributed by atoms with Crippen LogP contribution in [0.1, 0.15) is 21.5 Å². The van der Waals surface area contributed by atoms with Crippen molar-refractivity contribution in [2.45, 2.75) is 17.6 Å². The summed E-state index contributed by atoms with van der Waals surface area (Å²) >= 11 is 2.56. The van der Waals surface area contributed by atoms with Gasteiger partial charge in [-0.2, -0.15) is 13.2 Å². The summed E-state index contributed by atoms with van der Waals surface area (Å²) in [7, 11) is 0. The van der Waals surface area contributed by atoms with Crippen molar-refractivity contribution in [1.29, 1.82) is 0 Å². The highest BCUT2D eigenvalue weighted by Crippen LogP contribution is 2.29. The number of hydrogen-bond donors (Lipinski definition) is 2. The fourth-order valence-electron chi connectivity index (χ4n) is 2.21. The van der Waals surface area contributed by atoms with E-state index in [1.807, 2.05) is 0 Å². The highest BCUT2D eigenvalue weighted by molar-refractivity contribution is 8.00. The summed E-state index contributed by atoms with van der Waals surface area (Å²) in [5, 5.41) is 4.97. The van der Waals surface area contributed by atoms with Gasteiger partial charge in [0.2, 0.25) is 0 Å². The van der Waals surface area contributed by atoms with E-state index in [4.69, 9.17) is 0 Å². The number of thiazole rings is 1. The van der Waals surface area contributed by atoms with Crippen LogP contribution in [0.15, 0.2) is 58.9 Å². The molecule has 0 bridgehead atoms. The fourth-order valence-corrected chi connectivity index (χ4v) is 3.46. The molecule has 3 rings (SSSR count). The quantitative estimate of drug-likeness (QED) is 0.411. The monoisotopic (exact) mass is 427 g/mol. The van der Waals surface area contributed by atoms with Gasteiger partial charge in [-0.1, -0.05) is 12.1 Å². The molecule has 1 aromatic heterocycles. The number of nitrogens with zero attached hydrogens (tertiary/aromatic N) is 1. The maximum Gasteiger partial charge on any atom is 0.416 e. The number of alkyl halides is 3. The number of amides is 1. The average Bonchev–Trinajstić information content (AvgIpc) is 3.18. The molecule has 1 amide bonds. The first-order valence-corrected chi connectivity index (χ1v) is 9.59. The Morgan fingerprint density at radius 2 is 1.89 bits per heavy atom. The number of carbonyl (C=O) groups is 1. The number of carbonyl (C=O) groups excluding carboxylic acids is 1. The lowest BCUT2D eigenvalue weighted by molar-refractivity contribution is -0.137. The van der Waals surface area contributed by atoms with Crippen LogP contribution < -0.4 is 10.0 Å². The molecule has 2 aromatic carbocycles. The summed E-state index contributed by atoms with van der Waals surface area (Å²) in [5.74, 6) is -1.35. The zero-order valence-electron chi connectivity index (χ0n) is 14.1. The van der Waals surface area contributed by atoms with E-state index in [0.29, 0.717) is 15.6 Å². The van der Waals surface area contributed by atoms with Gasteiger partial charge in [0.25, 0.3) is 5.91 Å². The molecule has 0 fully saturated rings. The minimum atomic E-state index is -4.42. The summed E-state index contributed by atoms with van der Waals surface area (Å²) < 4.78 is 54.8. The predicted octanol–water partition coefficient (Wildman–Crippen LogP) is 5.35. The molecule has 0 aliphatic rings. The molecule has 4 nitrogen and oxygen atoms in total. The maximum absolute atomic E-state index is 14.2. The Morgan fingerprint density at radius 3 is 2.50 bits per heavy atom. The Bertz CT molecular complexity index is 944. The first-order chi connectivity index (χ1) is 13.3. The number of nitrogens with one attached hydrogen (secondary N) is 2. The smallest absolute Gasteiger partial charge is 0.348 e. The van der Waals surface area contributed by atoms with E-state index in [0.717, 1.165) is 24.1 Å². The van der Waals surface area contributed by atoms with Crippen LogP contribution in [0.2, 0.25) is 0 Å². The summed E-state index contributed by atoms with van der Waals surface area (Å²) in [4.78, 5) is 16.8. The lowest BCUT2D eigenvalue weighted by Gasteiger charge is -2.10. The second-order valence-electron chi connectivity index (χ2n) is 5.56. The first-order valence-electron chi connectivity index (χ1n) is 7.89. The van der Waals surface area contributed by atoms with Gasteiger partial charge in [-0.3, -0.25) is 4.79 Å². The van der Waals surface area contributed by atoms with Crippen molar-refractivity contribution in [3.63, 3.8) is 0 Å². The normalized spacial score (nSPS) is 11.3. The molecular weight excluding hydrogens is 414 g/mol. The molecule has 28 heavy (non-hydrogen) atoms. The number of hydrogen-bond acceptors (Lipinski definition) is 5. The summed E-state index contributed by atoms with van der Waals surface area (Å²) in [6.07, 6.45) is -2.78. The Labute approximate surface area is 166 Å². The van der Waals surface area contributed by atoms with Crippen LogP contribution in [0.25, 0.3) is 0 Å². The molecule has 2 N–H and O–H groups in total. The van der Waals surface area contributed by atoms with E-state index in [9.17, 15) is 22.4 Å². The number of halogens is 4. The van der Waals surface area contributed by atoms with Crippen molar-refractivity contribution in [1.82, 2.24) is 10.3 Å². The van der Waals surface area contributed by atoms with Crippen LogP contribution in [0.3, 0.4) is 0 Å². The highest BCUT2D eigenvalue weighted by Gasteiger charge is 2.29. The lowest BCUT2D eigenvalue weighted by atomic mass is 10.1. The number of rotatable bonds is 6. The molecule has 0 aliphatic carbocycles. The summed E-state index contributed by atoms with van der Waals surface area (Å²) in [6, 6.07) is 8.56. The average molecular weight is 427 g/mol. The molecule has 0 saturated carbocycles. The van der Waals surface area contributed by atoms with E-state index in [1.54, 1.807) is 17.6 Å². The van der Waals surface area contributed by atoms with Gasteiger partial charge >= 0.3 is 6.18 Å². The fraction of sp³-hybridized carbons (Fsp3) is 0.111. The molecular formula is C18H13F4N3OS2. The SMILES string of the molecule is O=C(NCc1ccc(C(F)(F)F)cc1)c1ccc(SNc2nccs2)cc1F. The van der Waals surface area contributed by atoms with Crippen molar-refractivity contribution in [2.75, 3.05) is 4.72 Å². The van der Waals surface area contributed by atoms with Crippen LogP contribution in [-0.2, 0) is 12.7 Å². The summed E-state index contributed by atoms with van der Waals surface area (Å²) in [5.41, 5.74) is -0.444. The van der Waals surface area contributed by atoms with Crippen LogP contribution >= 0.6 is 23.3 Å². The molecule has 10 heteroatoms. The van der Waals surface area contributed by atoms with Crippen molar-refractivity contribution in [3.8, 4) is 0 Å². The Morgan fingerprint density at radius 1 is 1.14 bits per heavy atom. The van der Waals surface area contributed by atoms with Gasteiger partial charge in [0.1, 0.15) is 5.82 Å². The molecule has 0 unspecified atom stereocenters. The van der Waals surface area contributed by atoms with E-state index in [2.05, 4.69) is 15.0 Å². The molecule has 0 saturated heterocycles. The van der Waals surface area contributed by atoms with Gasteiger partial charge < -0.3 is 10.0 Å². The van der Waals surface area contributed by atoms with E-state index in [1.165, 1.54) is 35.6 Å². The molecule has 0 aliphatic heterocycles. The summed E-state index contributed by atoms with van der Waals surface area (Å²) in [6.45, 7) is -0.0154. The van der Waals surface area contributed by atoms with Gasteiger partial charge in [0.05, 0.1) is 11.1 Å². The zero-order chi connectivity index (χ0) is 20.1. The minimum absolute atomic E-state index is 0.0154. The maximum atomic E-state index is 14.2. The zero-order valence-corrected chi connectivity index (χ0v) is 15.7. The second-order valence-corrected chi connectivity index (χ2v) is 7.33. The molecule has 146 valence electrons. The van der Waals surface area contributed by atoms with Crippen LogP contribution in [-0.4, -0.2) is 10.9 Å². The third-order valence-electron chi connectivity index (χ3n) is 3.61. The van der Waals surface area contributed by atoms with Gasteiger partial charge in [-0.05, 0) is 47.8 Å². The first kappa shape index (κ1) is 20.2. The number of benzene rings is 2. The minimum Gasteiger partial charge on any atom is -0.348 e. The van der Waals surface area contributed by atoms with Crippen molar-refractivity contribution < 1.29 is 22.4 Å². The highest BCUT2D eigenvalue weighted by atomic mass is 32.2. The standard InChI is InChI=1S/C18H13F4N3OS2/c19-15-9-13(28-25-17-23-7-8-27-17)5-6-14(15)16(26)24-10-11-1-3-12(4-2-11)18(20,21)22/h1-9H,10H2,(H,23,25)(H,24,26). The van der Waals surface area contributed by atoms with Crippen molar-refractivity contribution in [2.24, 2.45) is 0 Å². The number of aromatic nitrogens is 1. The van der Waals surface area contributed by atoms with E-state index >= 15 is 0 Å². The molecule has 0 spiro atoms. The predicted molar refractivity (Wildman–Crippen MR) is 101 cm³/mol. The Hall–Kier alpha value is -2.59. The van der Waals surface area contributed by atoms with Crippen LogP contribution in [0, 0.1) is 5.82 Å². The van der Waals surface area contributed by atoms with Gasteiger partial charge in [-0.15, -0.1) is 11.3 Å².